The van der Waals surface area contributed by atoms with Gasteiger partial charge in [0.05, 0.1) is 31.4 Å². The summed E-state index contributed by atoms with van der Waals surface area (Å²) in [6, 6.07) is 7.88. The summed E-state index contributed by atoms with van der Waals surface area (Å²) in [6.07, 6.45) is -1.29. The van der Waals surface area contributed by atoms with Crippen molar-refractivity contribution in [3.63, 3.8) is 0 Å². The highest BCUT2D eigenvalue weighted by molar-refractivity contribution is 7.89. The smallest absolute Gasteiger partial charge is 0.246 e. The van der Waals surface area contributed by atoms with Crippen molar-refractivity contribution in [2.45, 2.75) is 16.6 Å². The molecule has 2 atom stereocenters. The Hall–Kier alpha value is -3.09. The molecule has 156 valence electrons. The third-order valence-electron chi connectivity index (χ3n) is 4.69. The van der Waals surface area contributed by atoms with Gasteiger partial charge in [0.25, 0.3) is 0 Å². The minimum atomic E-state index is -4.44. The van der Waals surface area contributed by atoms with Gasteiger partial charge in [-0.2, -0.15) is 9.57 Å². The molecular weight excluding hydrogens is 420 g/mol. The standard InChI is InChI=1S/C19H15F2N3O5S/c1-23-16-4-3-13(7-14(16)20)29-18-9-24(10-19(18,26)11-25)30(27,28)17-5-2-12(8-22)6-15(17)21/h2-7,18,25-26H,9-11H2/t18-,19+/m0/s1. The molecule has 1 aliphatic rings. The van der Waals surface area contributed by atoms with Gasteiger partial charge in [0.15, 0.2) is 0 Å². The van der Waals surface area contributed by atoms with Gasteiger partial charge < -0.3 is 14.9 Å². The zero-order chi connectivity index (χ0) is 22.1. The van der Waals surface area contributed by atoms with Crippen LogP contribution in [0, 0.1) is 29.5 Å². The molecule has 3 rings (SSSR count). The van der Waals surface area contributed by atoms with E-state index in [1.54, 1.807) is 6.07 Å². The molecule has 0 unspecified atom stereocenters. The fourth-order valence-electron chi connectivity index (χ4n) is 3.04. The second-order valence-electron chi connectivity index (χ2n) is 6.65. The average Bonchev–Trinajstić information content (AvgIpc) is 3.05. The Morgan fingerprint density at radius 1 is 1.30 bits per heavy atom. The van der Waals surface area contributed by atoms with Crippen molar-refractivity contribution in [2.24, 2.45) is 0 Å². The molecule has 1 saturated heterocycles. The van der Waals surface area contributed by atoms with Crippen LogP contribution in [0.2, 0.25) is 0 Å². The lowest BCUT2D eigenvalue weighted by Gasteiger charge is -2.27. The fraction of sp³-hybridized carbons (Fsp3) is 0.263. The molecule has 2 aromatic carbocycles. The van der Waals surface area contributed by atoms with Crippen molar-refractivity contribution in [2.75, 3.05) is 19.7 Å². The van der Waals surface area contributed by atoms with E-state index < -0.39 is 58.0 Å². The van der Waals surface area contributed by atoms with Crippen LogP contribution in [-0.2, 0) is 10.0 Å². The second kappa shape index (κ2) is 7.97. The van der Waals surface area contributed by atoms with Crippen molar-refractivity contribution in [1.29, 1.82) is 5.26 Å². The van der Waals surface area contributed by atoms with Crippen molar-refractivity contribution in [1.82, 2.24) is 4.31 Å². The van der Waals surface area contributed by atoms with E-state index in [0.717, 1.165) is 34.6 Å². The van der Waals surface area contributed by atoms with Crippen LogP contribution in [0.3, 0.4) is 0 Å². The number of hydrogen-bond donors (Lipinski definition) is 2. The number of nitrogens with zero attached hydrogens (tertiary/aromatic N) is 3. The highest BCUT2D eigenvalue weighted by Gasteiger charge is 2.51. The summed E-state index contributed by atoms with van der Waals surface area (Å²) in [6.45, 7) is 4.92. The quantitative estimate of drug-likeness (QED) is 0.689. The number of hydrogen-bond acceptors (Lipinski definition) is 6. The minimum Gasteiger partial charge on any atom is -0.486 e. The molecule has 1 aliphatic heterocycles. The van der Waals surface area contributed by atoms with Gasteiger partial charge in [-0.3, -0.25) is 0 Å². The number of β-amino-alcohol motifs (C(OH)–C–C–N with tert-alkyl or cyclic N) is 1. The first kappa shape index (κ1) is 21.6. The predicted molar refractivity (Wildman–Crippen MR) is 99.0 cm³/mol. The van der Waals surface area contributed by atoms with Gasteiger partial charge in [0.2, 0.25) is 15.7 Å². The molecule has 0 radical (unpaired) electrons. The maximum atomic E-state index is 14.3. The summed E-state index contributed by atoms with van der Waals surface area (Å²) >= 11 is 0. The van der Waals surface area contributed by atoms with Crippen molar-refractivity contribution in [3.8, 4) is 11.8 Å². The Morgan fingerprint density at radius 3 is 2.60 bits per heavy atom. The first-order valence-electron chi connectivity index (χ1n) is 8.51. The Balaban J connectivity index is 1.90. The topological polar surface area (TPSA) is 115 Å². The van der Waals surface area contributed by atoms with E-state index in [9.17, 15) is 27.4 Å². The second-order valence-corrected chi connectivity index (χ2v) is 8.55. The Morgan fingerprint density at radius 2 is 2.03 bits per heavy atom. The van der Waals surface area contributed by atoms with E-state index >= 15 is 0 Å². The molecule has 0 amide bonds. The number of aliphatic hydroxyl groups excluding tert-OH is 1. The van der Waals surface area contributed by atoms with Crippen LogP contribution in [-0.4, -0.2) is 54.3 Å². The lowest BCUT2D eigenvalue weighted by Crippen LogP contribution is -2.48. The van der Waals surface area contributed by atoms with E-state index in [0.29, 0.717) is 0 Å². The third kappa shape index (κ3) is 3.84. The Labute approximate surface area is 171 Å². The Bertz CT molecular complexity index is 1180. The largest absolute Gasteiger partial charge is 0.486 e. The molecule has 30 heavy (non-hydrogen) atoms. The van der Waals surface area contributed by atoms with Crippen molar-refractivity contribution < 1.29 is 32.1 Å². The maximum absolute atomic E-state index is 14.3. The van der Waals surface area contributed by atoms with Crippen molar-refractivity contribution in [3.05, 3.63) is 65.0 Å². The molecule has 11 heteroatoms. The van der Waals surface area contributed by atoms with Gasteiger partial charge in [-0.25, -0.2) is 22.0 Å². The molecule has 0 bridgehead atoms. The summed E-state index contributed by atoms with van der Waals surface area (Å²) in [5.74, 6) is -2.08. The number of rotatable bonds is 5. The summed E-state index contributed by atoms with van der Waals surface area (Å²) in [7, 11) is -4.44. The average molecular weight is 435 g/mol. The monoisotopic (exact) mass is 435 g/mol. The van der Waals surface area contributed by atoms with Gasteiger partial charge in [0.1, 0.15) is 34.0 Å². The van der Waals surface area contributed by atoms with Gasteiger partial charge in [-0.15, -0.1) is 0 Å². The molecule has 8 nitrogen and oxygen atoms in total. The minimum absolute atomic E-state index is 0.0640. The summed E-state index contributed by atoms with van der Waals surface area (Å²) in [5, 5.41) is 29.1. The van der Waals surface area contributed by atoms with Crippen LogP contribution >= 0.6 is 0 Å². The van der Waals surface area contributed by atoms with Crippen molar-refractivity contribution >= 4 is 15.7 Å². The van der Waals surface area contributed by atoms with Crippen LogP contribution in [0.15, 0.2) is 41.3 Å². The molecular formula is C19H15F2N3O5S. The van der Waals surface area contributed by atoms with E-state index in [2.05, 4.69) is 4.85 Å². The van der Waals surface area contributed by atoms with E-state index in [1.807, 2.05) is 0 Å². The molecule has 1 fully saturated rings. The molecule has 0 aliphatic carbocycles. The molecule has 0 aromatic heterocycles. The first-order chi connectivity index (χ1) is 14.1. The number of sulfonamides is 1. The van der Waals surface area contributed by atoms with Crippen LogP contribution in [0.4, 0.5) is 14.5 Å². The molecule has 0 saturated carbocycles. The number of benzene rings is 2. The van der Waals surface area contributed by atoms with Crippen LogP contribution in [0.25, 0.3) is 4.85 Å². The Kier molecular flexibility index (Phi) is 5.74. The maximum Gasteiger partial charge on any atom is 0.246 e. The summed E-state index contributed by atoms with van der Waals surface area (Å²) in [5.41, 5.74) is -2.34. The predicted octanol–water partition coefficient (Wildman–Crippen LogP) is 1.56. The third-order valence-corrected chi connectivity index (χ3v) is 6.53. The molecule has 0 spiro atoms. The number of halogens is 2. The molecule has 1 heterocycles. The number of aliphatic hydroxyl groups is 2. The number of nitriles is 1. The SMILES string of the molecule is [C-]#[N+]c1ccc(O[C@H]2CN(S(=O)(=O)c3ccc(C#N)cc3F)C[C@@]2(O)CO)cc1F. The van der Waals surface area contributed by atoms with Gasteiger partial charge in [0, 0.05) is 12.6 Å². The van der Waals surface area contributed by atoms with Gasteiger partial charge in [-0.05, 0) is 30.3 Å². The van der Waals surface area contributed by atoms with Crippen LogP contribution < -0.4 is 4.74 Å². The number of ether oxygens (including phenoxy) is 1. The van der Waals surface area contributed by atoms with E-state index in [1.165, 1.54) is 6.07 Å². The molecule has 2 N–H and O–H groups in total. The molecule has 2 aromatic rings. The van der Waals surface area contributed by atoms with Crippen LogP contribution in [0.1, 0.15) is 5.56 Å². The zero-order valence-corrected chi connectivity index (χ0v) is 16.1. The summed E-state index contributed by atoms with van der Waals surface area (Å²) < 4.78 is 60.0. The fourth-order valence-corrected chi connectivity index (χ4v) is 4.59. The van der Waals surface area contributed by atoms with Crippen LogP contribution in [0.5, 0.6) is 5.75 Å². The van der Waals surface area contributed by atoms with E-state index in [-0.39, 0.29) is 17.0 Å². The zero-order valence-electron chi connectivity index (χ0n) is 15.3. The first-order valence-corrected chi connectivity index (χ1v) is 9.95. The van der Waals surface area contributed by atoms with Gasteiger partial charge in [-0.1, -0.05) is 0 Å². The lowest BCUT2D eigenvalue weighted by molar-refractivity contribution is -0.0641. The highest BCUT2D eigenvalue weighted by atomic mass is 32.2. The van der Waals surface area contributed by atoms with Gasteiger partial charge >= 0.3 is 0 Å². The lowest BCUT2D eigenvalue weighted by atomic mass is 10.0. The normalized spacial score (nSPS) is 21.7. The van der Waals surface area contributed by atoms with E-state index in [4.69, 9.17) is 16.6 Å². The highest BCUT2D eigenvalue weighted by Crippen LogP contribution is 2.32. The summed E-state index contributed by atoms with van der Waals surface area (Å²) in [4.78, 5) is 2.27.